The van der Waals surface area contributed by atoms with Crippen LogP contribution in [-0.2, 0) is 0 Å². The van der Waals surface area contributed by atoms with Gasteiger partial charge in [-0.1, -0.05) is 0 Å². The minimum atomic E-state index is -3.25. The second-order valence-electron chi connectivity index (χ2n) is 2.70. The molecule has 1 heterocycles. The van der Waals surface area contributed by atoms with Crippen LogP contribution in [0.15, 0.2) is 12.1 Å². The van der Waals surface area contributed by atoms with Crippen molar-refractivity contribution >= 4 is 23.1 Å². The molecule has 5 heteroatoms. The SMILES string of the molecule is [2H]C1([2H])SC([2H])([2H])C([2H])([2H])N(c2c(F)cc(N)cc2F)C1([2H])[2H]. The van der Waals surface area contributed by atoms with E-state index in [0.717, 1.165) is 0 Å². The molecule has 0 aromatic heterocycles. The highest BCUT2D eigenvalue weighted by Gasteiger charge is 2.19. The van der Waals surface area contributed by atoms with Gasteiger partial charge in [-0.2, -0.15) is 11.8 Å². The first kappa shape index (κ1) is 4.49. The lowest BCUT2D eigenvalue weighted by Gasteiger charge is -2.29. The van der Waals surface area contributed by atoms with Crippen molar-refractivity contribution in [2.75, 3.05) is 35.0 Å². The van der Waals surface area contributed by atoms with Crippen molar-refractivity contribution in [3.05, 3.63) is 23.8 Å². The van der Waals surface area contributed by atoms with Gasteiger partial charge in [-0.15, -0.1) is 0 Å². The summed E-state index contributed by atoms with van der Waals surface area (Å²) in [5, 5.41) is 0. The van der Waals surface area contributed by atoms with E-state index < -0.39 is 41.7 Å². The molecule has 0 radical (unpaired) electrons. The molecule has 2 N–H and O–H groups in total. The molecular weight excluding hydrogens is 218 g/mol. The molecule has 0 atom stereocenters. The monoisotopic (exact) mass is 238 g/mol. The van der Waals surface area contributed by atoms with Crippen LogP contribution in [0.5, 0.6) is 0 Å². The van der Waals surface area contributed by atoms with Gasteiger partial charge in [0.05, 0.1) is 5.48 Å². The zero-order chi connectivity index (χ0) is 18.0. The summed E-state index contributed by atoms with van der Waals surface area (Å²) in [4.78, 5) is -0.166. The number of thioether (sulfide) groups is 1. The quantitative estimate of drug-likeness (QED) is 0.760. The van der Waals surface area contributed by atoms with Crippen molar-refractivity contribution in [3.63, 3.8) is 0 Å². The normalized spacial score (nSPS) is 38.1. The third kappa shape index (κ3) is 2.17. The predicted octanol–water partition coefficient (Wildman–Crippen LogP) is 2.10. The molecule has 0 unspecified atom stereocenters. The number of hydrogen-bond acceptors (Lipinski definition) is 3. The Bertz CT molecular complexity index is 605. The van der Waals surface area contributed by atoms with E-state index in [2.05, 4.69) is 0 Å². The van der Waals surface area contributed by atoms with Gasteiger partial charge in [0.1, 0.15) is 5.69 Å². The molecule has 1 aromatic rings. The molecule has 1 aliphatic heterocycles. The summed E-state index contributed by atoms with van der Waals surface area (Å²) < 4.78 is 90.2. The molecule has 2 rings (SSSR count). The average molecular weight is 238 g/mol. The number of rotatable bonds is 1. The van der Waals surface area contributed by atoms with Crippen LogP contribution in [-0.4, -0.2) is 24.4 Å². The number of hydrogen-bond donors (Lipinski definition) is 1. The van der Waals surface area contributed by atoms with Gasteiger partial charge < -0.3 is 10.6 Å². The van der Waals surface area contributed by atoms with Crippen LogP contribution in [0, 0.1) is 11.6 Å². The highest BCUT2D eigenvalue weighted by Crippen LogP contribution is 2.27. The van der Waals surface area contributed by atoms with Gasteiger partial charge in [0, 0.05) is 35.6 Å². The lowest BCUT2D eigenvalue weighted by molar-refractivity contribution is 0.575. The van der Waals surface area contributed by atoms with Crippen LogP contribution in [0.25, 0.3) is 0 Å². The molecular formula is C10H12F2N2S. The highest BCUT2D eigenvalue weighted by atomic mass is 32.2. The zero-order valence-electron chi connectivity index (χ0n) is 15.3. The Morgan fingerprint density at radius 1 is 1.27 bits per heavy atom. The van der Waals surface area contributed by atoms with Gasteiger partial charge in [0.25, 0.3) is 0 Å². The summed E-state index contributed by atoms with van der Waals surface area (Å²) in [5.41, 5.74) is -2.26. The van der Waals surface area contributed by atoms with E-state index in [1.165, 1.54) is 0 Å². The molecule has 1 fully saturated rings. The van der Waals surface area contributed by atoms with E-state index >= 15 is 0 Å². The summed E-state index contributed by atoms with van der Waals surface area (Å²) in [6.45, 7) is -6.49. The van der Waals surface area contributed by atoms with Crippen molar-refractivity contribution in [2.45, 2.75) is 0 Å². The largest absolute Gasteiger partial charge is 0.399 e. The molecule has 0 amide bonds. The number of halogens is 2. The summed E-state index contributed by atoms with van der Waals surface area (Å²) >= 11 is -0.222. The average Bonchev–Trinajstić information content (AvgIpc) is 2.29. The van der Waals surface area contributed by atoms with E-state index in [-0.39, 0.29) is 22.3 Å². The third-order valence-electron chi connectivity index (χ3n) is 1.68. The molecule has 82 valence electrons. The van der Waals surface area contributed by atoms with Crippen molar-refractivity contribution in [1.82, 2.24) is 0 Å². The summed E-state index contributed by atoms with van der Waals surface area (Å²) in [7, 11) is 0. The molecule has 1 aromatic carbocycles. The van der Waals surface area contributed by atoms with E-state index in [9.17, 15) is 8.78 Å². The molecule has 0 saturated carbocycles. The standard InChI is InChI=1S/C10H12F2N2S/c11-8-5-7(13)6-9(12)10(8)14-1-3-15-4-2-14/h5-6H,1-4,13H2/i1D2,2D2,3D2,4D2. The third-order valence-corrected chi connectivity index (χ3v) is 2.07. The minimum Gasteiger partial charge on any atom is -0.399 e. The summed E-state index contributed by atoms with van der Waals surface area (Å²) in [6, 6.07) is 1.24. The fraction of sp³-hybridized carbons (Fsp3) is 0.400. The second kappa shape index (κ2) is 4.26. The van der Waals surface area contributed by atoms with E-state index in [1.54, 1.807) is 0 Å². The van der Waals surface area contributed by atoms with E-state index in [4.69, 9.17) is 16.7 Å². The maximum atomic E-state index is 14.1. The minimum absolute atomic E-state index is 0.166. The van der Waals surface area contributed by atoms with Gasteiger partial charge in [0.2, 0.25) is 0 Å². The highest BCUT2D eigenvalue weighted by molar-refractivity contribution is 7.99. The Hall–Kier alpha value is -0.970. The van der Waals surface area contributed by atoms with Gasteiger partial charge in [-0.25, -0.2) is 8.78 Å². The number of nitrogens with two attached hydrogens (primary N) is 1. The topological polar surface area (TPSA) is 29.3 Å². The molecule has 1 saturated heterocycles. The van der Waals surface area contributed by atoms with E-state index in [0.29, 0.717) is 12.1 Å². The van der Waals surface area contributed by atoms with Crippen LogP contribution in [0.1, 0.15) is 11.0 Å². The first-order valence-corrected chi connectivity index (χ1v) is 4.72. The molecule has 15 heavy (non-hydrogen) atoms. The van der Waals surface area contributed by atoms with Crippen LogP contribution in [0.3, 0.4) is 0 Å². The first-order chi connectivity index (χ1) is 10.1. The Morgan fingerprint density at radius 3 is 2.33 bits per heavy atom. The van der Waals surface area contributed by atoms with E-state index in [1.807, 2.05) is 0 Å². The number of benzene rings is 1. The van der Waals surface area contributed by atoms with Crippen molar-refractivity contribution in [3.8, 4) is 0 Å². The number of nitrogens with zero attached hydrogens (tertiary/aromatic N) is 1. The fourth-order valence-corrected chi connectivity index (χ4v) is 1.43. The van der Waals surface area contributed by atoms with Crippen LogP contribution < -0.4 is 10.6 Å². The Kier molecular flexibility index (Phi) is 1.28. The lowest BCUT2D eigenvalue weighted by atomic mass is 10.2. The Morgan fingerprint density at radius 2 is 1.80 bits per heavy atom. The number of nitrogen functional groups attached to an aromatic ring is 1. The van der Waals surface area contributed by atoms with Gasteiger partial charge >= 0.3 is 0 Å². The Labute approximate surface area is 103 Å². The zero-order valence-corrected chi connectivity index (χ0v) is 8.16. The molecule has 1 aliphatic rings. The molecule has 0 bridgehead atoms. The molecule has 0 spiro atoms. The maximum Gasteiger partial charge on any atom is 0.151 e. The summed E-state index contributed by atoms with van der Waals surface area (Å²) in [6.07, 6.45) is 0. The smallest absolute Gasteiger partial charge is 0.151 e. The Balaban J connectivity index is 2.80. The van der Waals surface area contributed by atoms with Gasteiger partial charge in [0.15, 0.2) is 11.6 Å². The van der Waals surface area contributed by atoms with Crippen LogP contribution in [0.4, 0.5) is 20.2 Å². The van der Waals surface area contributed by atoms with Crippen molar-refractivity contribution in [1.29, 1.82) is 0 Å². The van der Waals surface area contributed by atoms with Crippen LogP contribution >= 0.6 is 11.8 Å². The molecule has 2 nitrogen and oxygen atoms in total. The lowest BCUT2D eigenvalue weighted by Crippen LogP contribution is -2.33. The van der Waals surface area contributed by atoms with Crippen LogP contribution in [0.2, 0.25) is 0 Å². The molecule has 0 aliphatic carbocycles. The maximum absolute atomic E-state index is 14.1. The first-order valence-electron chi connectivity index (χ1n) is 7.90. The predicted molar refractivity (Wildman–Crippen MR) is 60.3 cm³/mol. The second-order valence-corrected chi connectivity index (χ2v) is 3.31. The van der Waals surface area contributed by atoms with Crippen molar-refractivity contribution in [2.24, 2.45) is 0 Å². The van der Waals surface area contributed by atoms with Gasteiger partial charge in [-0.05, 0) is 12.1 Å². The summed E-state index contributed by atoms with van der Waals surface area (Å²) in [5.74, 6) is -2.84. The number of anilines is 2. The van der Waals surface area contributed by atoms with Crippen molar-refractivity contribution < 1.29 is 19.7 Å². The van der Waals surface area contributed by atoms with Gasteiger partial charge in [-0.3, -0.25) is 0 Å². The fourth-order valence-electron chi connectivity index (χ4n) is 1.10.